The lowest BCUT2D eigenvalue weighted by atomic mass is 10.1. The zero-order valence-electron chi connectivity index (χ0n) is 7.61. The van der Waals surface area contributed by atoms with Crippen molar-refractivity contribution in [2.45, 2.75) is 6.92 Å². The first kappa shape index (κ1) is 8.84. The molecule has 0 fully saturated rings. The number of anilines is 1. The summed E-state index contributed by atoms with van der Waals surface area (Å²) in [6, 6.07) is 0. The third kappa shape index (κ3) is 1.49. The van der Waals surface area contributed by atoms with Crippen LogP contribution in [0.4, 0.5) is 10.7 Å². The van der Waals surface area contributed by atoms with Gasteiger partial charge in [-0.15, -0.1) is 0 Å². The van der Waals surface area contributed by atoms with Crippen LogP contribution in [0.15, 0.2) is 12.4 Å². The zero-order chi connectivity index (χ0) is 9.14. The molecule has 0 aliphatic rings. The van der Waals surface area contributed by atoms with Crippen molar-refractivity contribution in [3.05, 3.63) is 12.4 Å². The second-order valence-electron chi connectivity index (χ2n) is 2.60. The van der Waals surface area contributed by atoms with E-state index in [1.807, 2.05) is 24.7 Å². The molecule has 0 unspecified atom stereocenters. The molecule has 12 heavy (non-hydrogen) atoms. The van der Waals surface area contributed by atoms with Gasteiger partial charge in [-0.05, 0) is 6.92 Å². The standard InChI is InChI=1S/C7H12BN3O/c1-3-11(6(8)12)7-9-4-5-10(7)2/h4-5H,3,8H2,1-2H3. The van der Waals surface area contributed by atoms with E-state index in [-0.39, 0.29) is 5.81 Å². The van der Waals surface area contributed by atoms with Gasteiger partial charge >= 0.3 is 0 Å². The van der Waals surface area contributed by atoms with Crippen molar-refractivity contribution in [1.29, 1.82) is 0 Å². The molecule has 0 spiro atoms. The Kier molecular flexibility index (Phi) is 2.52. The molecule has 0 saturated carbocycles. The van der Waals surface area contributed by atoms with Crippen LogP contribution in [0.1, 0.15) is 6.92 Å². The first-order valence-corrected chi connectivity index (χ1v) is 3.92. The maximum Gasteiger partial charge on any atom is 0.216 e. The summed E-state index contributed by atoms with van der Waals surface area (Å²) >= 11 is 0. The van der Waals surface area contributed by atoms with Gasteiger partial charge in [-0.3, -0.25) is 9.69 Å². The van der Waals surface area contributed by atoms with Crippen molar-refractivity contribution < 1.29 is 4.79 Å². The molecule has 0 aromatic carbocycles. The molecule has 4 nitrogen and oxygen atoms in total. The molecule has 1 rings (SSSR count). The van der Waals surface area contributed by atoms with E-state index in [4.69, 9.17) is 0 Å². The molecule has 0 atom stereocenters. The molecular formula is C7H12BN3O. The van der Waals surface area contributed by atoms with Crippen molar-refractivity contribution in [2.75, 3.05) is 11.4 Å². The predicted molar refractivity (Wildman–Crippen MR) is 50.2 cm³/mol. The maximum absolute atomic E-state index is 11.1. The number of aryl methyl sites for hydroxylation is 1. The molecule has 1 amide bonds. The van der Waals surface area contributed by atoms with E-state index in [1.54, 1.807) is 11.1 Å². The van der Waals surface area contributed by atoms with Gasteiger partial charge in [-0.25, -0.2) is 4.98 Å². The second-order valence-corrected chi connectivity index (χ2v) is 2.60. The predicted octanol–water partition coefficient (Wildman–Crippen LogP) is -0.000500. The highest BCUT2D eigenvalue weighted by atomic mass is 16.2. The fraction of sp³-hybridized carbons (Fsp3) is 0.429. The average Bonchev–Trinajstić information content (AvgIpc) is 2.38. The lowest BCUT2D eigenvalue weighted by molar-refractivity contribution is 0.264. The molecule has 0 aliphatic heterocycles. The first-order valence-electron chi connectivity index (χ1n) is 3.92. The normalized spacial score (nSPS) is 9.83. The lowest BCUT2D eigenvalue weighted by Crippen LogP contribution is -2.31. The highest BCUT2D eigenvalue weighted by Crippen LogP contribution is 2.08. The van der Waals surface area contributed by atoms with Crippen LogP contribution >= 0.6 is 0 Å². The monoisotopic (exact) mass is 165 g/mol. The highest BCUT2D eigenvalue weighted by molar-refractivity contribution is 6.60. The summed E-state index contributed by atoms with van der Waals surface area (Å²) in [5.41, 5.74) is 0. The van der Waals surface area contributed by atoms with E-state index in [0.29, 0.717) is 12.5 Å². The number of imidazole rings is 1. The molecule has 0 bridgehead atoms. The van der Waals surface area contributed by atoms with E-state index in [1.165, 1.54) is 7.85 Å². The molecule has 1 heterocycles. The van der Waals surface area contributed by atoms with Crippen molar-refractivity contribution >= 4 is 19.6 Å². The van der Waals surface area contributed by atoms with Gasteiger partial charge in [-0.2, -0.15) is 0 Å². The number of carbonyl (C=O) groups excluding carboxylic acids is 1. The number of carbonyl (C=O) groups is 1. The summed E-state index contributed by atoms with van der Waals surface area (Å²) in [6.07, 6.45) is 3.50. The number of aromatic nitrogens is 2. The van der Waals surface area contributed by atoms with Gasteiger partial charge in [0.05, 0.1) is 0 Å². The average molecular weight is 165 g/mol. The van der Waals surface area contributed by atoms with E-state index in [0.717, 1.165) is 0 Å². The van der Waals surface area contributed by atoms with Crippen LogP contribution in [0.2, 0.25) is 0 Å². The lowest BCUT2D eigenvalue weighted by Gasteiger charge is -2.17. The molecule has 0 radical (unpaired) electrons. The van der Waals surface area contributed by atoms with Crippen LogP contribution in [0.3, 0.4) is 0 Å². The largest absolute Gasteiger partial charge is 0.320 e. The molecule has 1 aromatic rings. The summed E-state index contributed by atoms with van der Waals surface area (Å²) < 4.78 is 1.82. The van der Waals surface area contributed by atoms with Crippen molar-refractivity contribution in [3.63, 3.8) is 0 Å². The third-order valence-electron chi connectivity index (χ3n) is 1.73. The number of hydrogen-bond donors (Lipinski definition) is 0. The number of rotatable bonds is 2. The van der Waals surface area contributed by atoms with Gasteiger partial charge < -0.3 is 4.57 Å². The summed E-state index contributed by atoms with van der Waals surface area (Å²) in [4.78, 5) is 16.8. The van der Waals surface area contributed by atoms with Gasteiger partial charge in [0, 0.05) is 26.0 Å². The fourth-order valence-corrected chi connectivity index (χ4v) is 1.12. The molecule has 1 aromatic heterocycles. The zero-order valence-corrected chi connectivity index (χ0v) is 7.61. The minimum absolute atomic E-state index is 0.0202. The Hall–Kier alpha value is -1.26. The van der Waals surface area contributed by atoms with E-state index in [9.17, 15) is 4.79 Å². The number of hydrogen-bond acceptors (Lipinski definition) is 2. The highest BCUT2D eigenvalue weighted by Gasteiger charge is 2.11. The number of nitrogens with zero attached hydrogens (tertiary/aromatic N) is 3. The molecule has 64 valence electrons. The first-order chi connectivity index (χ1) is 5.66. The topological polar surface area (TPSA) is 38.1 Å². The quantitative estimate of drug-likeness (QED) is 0.578. The van der Waals surface area contributed by atoms with Gasteiger partial charge in [0.1, 0.15) is 0 Å². The van der Waals surface area contributed by atoms with Gasteiger partial charge in [-0.1, -0.05) is 0 Å². The van der Waals surface area contributed by atoms with Crippen molar-refractivity contribution in [1.82, 2.24) is 9.55 Å². The van der Waals surface area contributed by atoms with E-state index >= 15 is 0 Å². The van der Waals surface area contributed by atoms with Crippen LogP contribution in [0, 0.1) is 0 Å². The summed E-state index contributed by atoms with van der Waals surface area (Å²) in [6.45, 7) is 2.58. The molecule has 0 N–H and O–H groups in total. The summed E-state index contributed by atoms with van der Waals surface area (Å²) in [5.74, 6) is 0.719. The SMILES string of the molecule is BC(=O)N(CC)c1nccn1C. The Morgan fingerprint density at radius 1 is 1.83 bits per heavy atom. The Labute approximate surface area is 72.6 Å². The summed E-state index contributed by atoms with van der Waals surface area (Å²) in [7, 11) is 3.41. The van der Waals surface area contributed by atoms with Crippen molar-refractivity contribution in [2.24, 2.45) is 7.05 Å². The third-order valence-corrected chi connectivity index (χ3v) is 1.73. The van der Waals surface area contributed by atoms with Crippen LogP contribution in [-0.2, 0) is 7.05 Å². The Morgan fingerprint density at radius 2 is 2.50 bits per heavy atom. The fourth-order valence-electron chi connectivity index (χ4n) is 1.12. The van der Waals surface area contributed by atoms with Crippen LogP contribution < -0.4 is 4.90 Å². The van der Waals surface area contributed by atoms with E-state index < -0.39 is 0 Å². The second kappa shape index (κ2) is 3.43. The molecule has 0 saturated heterocycles. The van der Waals surface area contributed by atoms with Crippen LogP contribution in [0.25, 0.3) is 0 Å². The van der Waals surface area contributed by atoms with Gasteiger partial charge in [0.25, 0.3) is 0 Å². The Bertz CT molecular complexity index is 284. The van der Waals surface area contributed by atoms with Crippen LogP contribution in [0.5, 0.6) is 0 Å². The Morgan fingerprint density at radius 3 is 2.83 bits per heavy atom. The smallest absolute Gasteiger partial charge is 0.216 e. The maximum atomic E-state index is 11.1. The molecule has 5 heteroatoms. The van der Waals surface area contributed by atoms with Gasteiger partial charge in [0.2, 0.25) is 13.8 Å². The number of amides is 1. The molecule has 0 aliphatic carbocycles. The van der Waals surface area contributed by atoms with Gasteiger partial charge in [0.15, 0.2) is 5.81 Å². The van der Waals surface area contributed by atoms with Crippen LogP contribution in [-0.4, -0.2) is 29.7 Å². The molecular weight excluding hydrogens is 153 g/mol. The minimum Gasteiger partial charge on any atom is -0.320 e. The minimum atomic E-state index is 0.0202. The van der Waals surface area contributed by atoms with E-state index in [2.05, 4.69) is 4.98 Å². The summed E-state index contributed by atoms with van der Waals surface area (Å²) in [5, 5.41) is 0. The Balaban J connectivity index is 2.94. The van der Waals surface area contributed by atoms with Crippen molar-refractivity contribution in [3.8, 4) is 0 Å².